The number of ether oxygens (including phenoxy) is 2. The van der Waals surface area contributed by atoms with Gasteiger partial charge in [0.1, 0.15) is 60.4 Å². The van der Waals surface area contributed by atoms with Crippen LogP contribution in [-0.2, 0) is 73.4 Å². The fourth-order valence-electron chi connectivity index (χ4n) is 13.6. The Morgan fingerprint density at radius 2 is 0.972 bits per heavy atom. The average Bonchev–Trinajstić information content (AvgIpc) is 0.951. The Kier molecular flexibility index (Phi) is 35.9. The van der Waals surface area contributed by atoms with Crippen LogP contribution in [0.3, 0.4) is 0 Å². The number of likely N-dealkylation sites (N-methyl/N-ethyl adjacent to an activating group) is 6. The fourth-order valence-corrected chi connectivity index (χ4v) is 13.6. The largest absolute Gasteiger partial charge is 0.377 e. The third-order valence-electron chi connectivity index (χ3n) is 20.1. The second-order valence-electron chi connectivity index (χ2n) is 32.5. The minimum Gasteiger partial charge on any atom is -0.377 e. The normalized spacial score (nSPS) is 26.5. The van der Waals surface area contributed by atoms with Gasteiger partial charge in [0, 0.05) is 94.3 Å². The number of carbonyl (C=O) groups excluding carboxylic acids is 12. The monoisotopic (exact) mass is 1500 g/mol. The molecule has 5 N–H and O–H groups in total. The zero-order valence-electron chi connectivity index (χ0n) is 67.3. The van der Waals surface area contributed by atoms with Crippen molar-refractivity contribution >= 4 is 70.9 Å². The molecule has 3 aliphatic rings. The molecule has 0 unspecified atom stereocenters. The predicted molar refractivity (Wildman–Crippen MR) is 400 cm³/mol. The Bertz CT molecular complexity index is 3110. The third kappa shape index (κ3) is 27.4. The van der Waals surface area contributed by atoms with Gasteiger partial charge in [-0.05, 0) is 114 Å². The summed E-state index contributed by atoms with van der Waals surface area (Å²) < 4.78 is 41.3. The first-order valence-corrected chi connectivity index (χ1v) is 38.1. The zero-order valence-corrected chi connectivity index (χ0v) is 67.3. The fraction of sp³-hybridized carbons (Fsp3) is 0.766. The molecule has 3 saturated heterocycles. The number of alkyl halides is 2. The molecule has 106 heavy (non-hydrogen) atoms. The number of amides is 12. The van der Waals surface area contributed by atoms with Gasteiger partial charge in [0.05, 0.1) is 38.4 Å². The van der Waals surface area contributed by atoms with Gasteiger partial charge in [0.25, 0.3) is 5.92 Å². The maximum atomic E-state index is 15.4. The van der Waals surface area contributed by atoms with Gasteiger partial charge in [-0.3, -0.25) is 57.5 Å². The Hall–Kier alpha value is -7.40. The van der Waals surface area contributed by atoms with E-state index < -0.39 is 187 Å². The molecule has 1 aromatic carbocycles. The Balaban J connectivity index is 1.96. The Labute approximate surface area is 629 Å². The van der Waals surface area contributed by atoms with Crippen LogP contribution >= 0.6 is 0 Å². The van der Waals surface area contributed by atoms with Crippen LogP contribution in [0.5, 0.6) is 0 Å². The van der Waals surface area contributed by atoms with E-state index in [4.69, 9.17) is 9.47 Å². The molecule has 0 aliphatic carbocycles. The predicted octanol–water partition coefficient (Wildman–Crippen LogP) is 4.86. The number of carbonyl (C=O) groups is 12. The van der Waals surface area contributed by atoms with Gasteiger partial charge in [-0.15, -0.1) is 0 Å². The van der Waals surface area contributed by atoms with E-state index in [0.717, 1.165) is 16.2 Å². The molecule has 29 heteroatoms. The number of benzene rings is 1. The summed E-state index contributed by atoms with van der Waals surface area (Å²) in [5.41, 5.74) is -0.225. The second kappa shape index (κ2) is 41.8. The smallest absolute Gasteiger partial charge is 0.261 e. The molecular weight excluding hydrogens is 1370 g/mol. The van der Waals surface area contributed by atoms with Crippen LogP contribution < -0.4 is 26.6 Å². The van der Waals surface area contributed by atoms with Crippen molar-refractivity contribution in [1.29, 1.82) is 0 Å². The standard InChI is InChI=1S/C77H129F2N13O14/c1-22-57-66(95)83-56(45-106-76(12,13)14)71(100)88(18)59(37-48(4)5)68(97)82-55(44-105-43-53-42-77(78,79)46-80-53)70(99)90(20)61(39-50(8)9)73(102)89(19)60(38-49(6)7)67(96)81-54(72(101)92-34-27-24-28-35-92)41-64(94)85(15)33-29-32-63(93)86(16)58(36-47(2)3)69(98)84-65(51(10)11)75(104)91(21)62(74(103)87(57)17)40-52-30-25-23-26-31-52/h23,25-26,30-31,47-51,53-62,65,80H,22,24,27-29,32-46H2,1-21H3,(H,81,96)(H,82,97)(H,83,95)(H,84,98)/t53-,54-,55-,56-,57-,58-,59-,60-,61-,62-,65-/m0/s1. The van der Waals surface area contributed by atoms with Crippen molar-refractivity contribution in [3.05, 3.63) is 35.9 Å². The van der Waals surface area contributed by atoms with E-state index in [0.29, 0.717) is 31.5 Å². The van der Waals surface area contributed by atoms with Crippen molar-refractivity contribution in [1.82, 2.24) is 65.8 Å². The second-order valence-corrected chi connectivity index (χ2v) is 32.5. The van der Waals surface area contributed by atoms with Crippen LogP contribution in [0.4, 0.5) is 8.78 Å². The van der Waals surface area contributed by atoms with Gasteiger partial charge >= 0.3 is 0 Å². The van der Waals surface area contributed by atoms with Crippen LogP contribution in [0, 0.1) is 29.6 Å². The molecule has 0 radical (unpaired) electrons. The van der Waals surface area contributed by atoms with Crippen LogP contribution in [0.2, 0.25) is 0 Å². The van der Waals surface area contributed by atoms with Gasteiger partial charge < -0.3 is 75.3 Å². The van der Waals surface area contributed by atoms with E-state index in [1.165, 1.54) is 73.8 Å². The van der Waals surface area contributed by atoms with Gasteiger partial charge in [-0.25, -0.2) is 8.78 Å². The third-order valence-corrected chi connectivity index (χ3v) is 20.1. The first-order valence-electron chi connectivity index (χ1n) is 38.1. The van der Waals surface area contributed by atoms with E-state index in [1.54, 1.807) is 76.8 Å². The first-order chi connectivity index (χ1) is 49.4. The van der Waals surface area contributed by atoms with Gasteiger partial charge in [-0.2, -0.15) is 0 Å². The van der Waals surface area contributed by atoms with Gasteiger partial charge in [0.15, 0.2) is 0 Å². The lowest BCUT2D eigenvalue weighted by atomic mass is 9.97. The minimum absolute atomic E-state index is 0.00249. The summed E-state index contributed by atoms with van der Waals surface area (Å²) in [4.78, 5) is 190. The van der Waals surface area contributed by atoms with Crippen molar-refractivity contribution in [3.8, 4) is 0 Å². The van der Waals surface area contributed by atoms with Crippen molar-refractivity contribution in [3.63, 3.8) is 0 Å². The van der Waals surface area contributed by atoms with E-state index in [1.807, 2.05) is 55.4 Å². The molecule has 11 atom stereocenters. The van der Waals surface area contributed by atoms with Crippen LogP contribution in [0.1, 0.15) is 180 Å². The van der Waals surface area contributed by atoms with Crippen LogP contribution in [-0.4, -0.2) is 283 Å². The number of likely N-dealkylation sites (tertiary alicyclic amines) is 1. The molecule has 27 nitrogen and oxygen atoms in total. The summed E-state index contributed by atoms with van der Waals surface area (Å²) in [6.07, 6.45) is 1.46. The molecular formula is C77H129F2N13O14. The molecule has 600 valence electrons. The van der Waals surface area contributed by atoms with E-state index in [2.05, 4.69) is 26.6 Å². The highest BCUT2D eigenvalue weighted by Crippen LogP contribution is 2.27. The van der Waals surface area contributed by atoms with Gasteiger partial charge in [0.2, 0.25) is 70.9 Å². The lowest BCUT2D eigenvalue weighted by molar-refractivity contribution is -0.152. The molecule has 4 rings (SSSR count). The van der Waals surface area contributed by atoms with E-state index in [9.17, 15) is 28.0 Å². The summed E-state index contributed by atoms with van der Waals surface area (Å²) >= 11 is 0. The number of rotatable bonds is 19. The van der Waals surface area contributed by atoms with Crippen molar-refractivity contribution < 1.29 is 75.8 Å². The maximum Gasteiger partial charge on any atom is 0.261 e. The molecule has 12 amide bonds. The molecule has 1 aromatic rings. The molecule has 0 saturated carbocycles. The van der Waals surface area contributed by atoms with Crippen LogP contribution in [0.25, 0.3) is 0 Å². The number of halogens is 2. The van der Waals surface area contributed by atoms with E-state index in [-0.39, 0.29) is 88.2 Å². The highest BCUT2D eigenvalue weighted by molar-refractivity contribution is 6.00. The van der Waals surface area contributed by atoms with Crippen LogP contribution in [0.15, 0.2) is 30.3 Å². The molecule has 0 aromatic heterocycles. The van der Waals surface area contributed by atoms with E-state index >= 15 is 38.4 Å². The number of nitrogens with one attached hydrogen (secondary N) is 5. The number of piperidine rings is 1. The molecule has 3 fully saturated rings. The first kappa shape index (κ1) is 91.0. The number of nitrogens with zero attached hydrogens (tertiary/aromatic N) is 8. The molecule has 3 heterocycles. The zero-order chi connectivity index (χ0) is 80.0. The summed E-state index contributed by atoms with van der Waals surface area (Å²) in [6.45, 7) is 23.9. The molecule has 0 spiro atoms. The summed E-state index contributed by atoms with van der Waals surface area (Å²) in [5, 5.41) is 14.1. The number of hydrogen-bond donors (Lipinski definition) is 5. The summed E-state index contributed by atoms with van der Waals surface area (Å²) in [5.74, 6) is -12.6. The average molecular weight is 1500 g/mol. The lowest BCUT2D eigenvalue weighted by Gasteiger charge is -2.38. The van der Waals surface area contributed by atoms with Crippen molar-refractivity contribution in [2.75, 3.05) is 95.3 Å². The number of hydrogen-bond acceptors (Lipinski definition) is 15. The van der Waals surface area contributed by atoms with Gasteiger partial charge in [-0.1, -0.05) is 106 Å². The quantitative estimate of drug-likeness (QED) is 0.124. The highest BCUT2D eigenvalue weighted by Gasteiger charge is 2.45. The summed E-state index contributed by atoms with van der Waals surface area (Å²) in [6, 6.07) is -5.31. The SMILES string of the molecule is CC[C@H]1C(=O)N[C@@H](COC(C)(C)C)C(=O)N(C)[C@@H](CC(C)C)C(=O)N[C@@H](COC[C@@H]2CC(F)(F)CN2)C(=O)N(C)[C@@H](CC(C)C)C(=O)N(C)[C@@H](CC(C)C)C(=O)N[C@H](C(=O)N2CCCCC2)CC(=O)N(C)CCCC(=O)N(C)[C@@H](CC(C)C)C(=O)N[C@@H](C(C)C)C(=O)N(C)[C@@H](Cc2ccccc2)C(=O)N1C. The van der Waals surface area contributed by atoms with Crippen molar-refractivity contribution in [2.45, 2.75) is 258 Å². The Morgan fingerprint density at radius 3 is 1.47 bits per heavy atom. The highest BCUT2D eigenvalue weighted by atomic mass is 19.3. The summed E-state index contributed by atoms with van der Waals surface area (Å²) in [7, 11) is 10.0. The molecule has 0 bridgehead atoms. The van der Waals surface area contributed by atoms with Crippen molar-refractivity contribution in [2.24, 2.45) is 29.6 Å². The minimum atomic E-state index is -3.04. The molecule has 3 aliphatic heterocycles. The lowest BCUT2D eigenvalue weighted by Crippen LogP contribution is -2.62. The Morgan fingerprint density at radius 1 is 0.519 bits per heavy atom. The topological polar surface area (TPSA) is 309 Å². The maximum absolute atomic E-state index is 15.4.